The third kappa shape index (κ3) is 5.93. The summed E-state index contributed by atoms with van der Waals surface area (Å²) < 4.78 is 5.82. The lowest BCUT2D eigenvalue weighted by molar-refractivity contribution is -0.130. The second kappa shape index (κ2) is 10.8. The van der Waals surface area contributed by atoms with E-state index in [1.54, 1.807) is 4.90 Å². The van der Waals surface area contributed by atoms with Gasteiger partial charge in [0.05, 0.1) is 11.4 Å². The van der Waals surface area contributed by atoms with Crippen LogP contribution >= 0.6 is 11.3 Å². The number of amides is 1. The van der Waals surface area contributed by atoms with Gasteiger partial charge in [0.2, 0.25) is 11.8 Å². The summed E-state index contributed by atoms with van der Waals surface area (Å²) >= 11 is 1.02. The normalized spacial score (nSPS) is 26.7. The molecule has 1 amide bonds. The predicted molar refractivity (Wildman–Crippen MR) is 138 cm³/mol. The molecule has 6 rings (SSSR count). The molecule has 0 radical (unpaired) electrons. The molecule has 2 aromatic rings. The Balaban J connectivity index is 0.972. The van der Waals surface area contributed by atoms with Crippen molar-refractivity contribution in [1.29, 1.82) is 0 Å². The van der Waals surface area contributed by atoms with Crippen LogP contribution in [0.3, 0.4) is 0 Å². The molecule has 1 aromatic carbocycles. The highest BCUT2D eigenvalue weighted by atomic mass is 32.1. The summed E-state index contributed by atoms with van der Waals surface area (Å²) in [6, 6.07) is 7.62. The molecule has 1 aromatic heterocycles. The number of unbranched alkanes of at least 4 members (excludes halogenated alkanes) is 1. The van der Waals surface area contributed by atoms with Crippen LogP contribution in [0.2, 0.25) is 0 Å². The van der Waals surface area contributed by atoms with Crippen molar-refractivity contribution in [1.82, 2.24) is 9.88 Å². The quantitative estimate of drug-likeness (QED) is 0.417. The number of nitrogens with zero attached hydrogens (tertiary/aromatic N) is 1. The fourth-order valence-corrected chi connectivity index (χ4v) is 7.90. The molecule has 6 nitrogen and oxygen atoms in total. The van der Waals surface area contributed by atoms with Gasteiger partial charge in [0.25, 0.3) is 0 Å². The highest BCUT2D eigenvalue weighted by Crippen LogP contribution is 2.57. The van der Waals surface area contributed by atoms with Crippen LogP contribution in [0.25, 0.3) is 0 Å². The number of aromatic nitrogens is 1. The van der Waals surface area contributed by atoms with Gasteiger partial charge in [-0.3, -0.25) is 14.6 Å². The number of carbonyl (C=O) groups is 1. The van der Waals surface area contributed by atoms with Gasteiger partial charge in [0, 0.05) is 19.9 Å². The van der Waals surface area contributed by atoms with Gasteiger partial charge in [-0.2, -0.15) is 0 Å². The minimum absolute atomic E-state index is 0.0547. The van der Waals surface area contributed by atoms with Crippen molar-refractivity contribution < 1.29 is 14.6 Å². The van der Waals surface area contributed by atoms with Gasteiger partial charge in [-0.15, -0.1) is 0 Å². The molecule has 0 aliphatic heterocycles. The molecule has 35 heavy (non-hydrogen) atoms. The van der Waals surface area contributed by atoms with E-state index < -0.39 is 0 Å². The van der Waals surface area contributed by atoms with Gasteiger partial charge in [-0.1, -0.05) is 29.9 Å². The summed E-state index contributed by atoms with van der Waals surface area (Å²) in [6.07, 6.45) is 12.1. The molecule has 7 heteroatoms. The lowest BCUT2D eigenvalue weighted by Crippen LogP contribution is -2.44. The number of benzene rings is 1. The Morgan fingerprint density at radius 3 is 2.40 bits per heavy atom. The minimum Gasteiger partial charge on any atom is -0.494 e. The van der Waals surface area contributed by atoms with Gasteiger partial charge in [-0.05, 0) is 92.2 Å². The van der Waals surface area contributed by atoms with E-state index in [1.165, 1.54) is 44.9 Å². The van der Waals surface area contributed by atoms with E-state index in [-0.39, 0.29) is 16.7 Å². The Bertz CT molecular complexity index is 1030. The molecule has 1 heterocycles. The number of ether oxygens (including phenoxy) is 1. The van der Waals surface area contributed by atoms with Crippen LogP contribution in [-0.2, 0) is 11.2 Å². The fourth-order valence-electron chi connectivity index (χ4n) is 7.14. The zero-order valence-corrected chi connectivity index (χ0v) is 21.5. The number of hydrogen-bond acceptors (Lipinski definition) is 5. The minimum atomic E-state index is -0.251. The summed E-state index contributed by atoms with van der Waals surface area (Å²) in [6.45, 7) is 1.02. The maximum Gasteiger partial charge on any atom is 0.307 e. The number of thiazole rings is 1. The third-order valence-electron chi connectivity index (χ3n) is 8.71. The second-order valence-electron chi connectivity index (χ2n) is 11.1. The number of aromatic hydroxyl groups is 1. The van der Waals surface area contributed by atoms with Crippen molar-refractivity contribution in [2.75, 3.05) is 20.2 Å². The van der Waals surface area contributed by atoms with Crippen LogP contribution in [0.5, 0.6) is 11.6 Å². The molecule has 4 aliphatic rings. The second-order valence-corrected chi connectivity index (χ2v) is 12.2. The molecule has 0 atom stereocenters. The van der Waals surface area contributed by atoms with Gasteiger partial charge in [-0.25, -0.2) is 0 Å². The Morgan fingerprint density at radius 2 is 1.77 bits per heavy atom. The van der Waals surface area contributed by atoms with Crippen LogP contribution in [0.1, 0.15) is 68.2 Å². The molecule has 4 bridgehead atoms. The highest BCUT2D eigenvalue weighted by Gasteiger charge is 2.47. The van der Waals surface area contributed by atoms with Crippen molar-refractivity contribution >= 4 is 17.2 Å². The van der Waals surface area contributed by atoms with E-state index in [2.05, 4.69) is 4.98 Å². The topological polar surface area (TPSA) is 82.6 Å². The Kier molecular flexibility index (Phi) is 7.51. The molecule has 4 saturated carbocycles. The lowest BCUT2D eigenvalue weighted by atomic mass is 9.51. The molecular weight excluding hydrogens is 460 g/mol. The zero-order chi connectivity index (χ0) is 24.4. The smallest absolute Gasteiger partial charge is 0.307 e. The summed E-state index contributed by atoms with van der Waals surface area (Å²) in [5.41, 5.74) is 0.990. The van der Waals surface area contributed by atoms with E-state index >= 15 is 0 Å². The first kappa shape index (κ1) is 24.4. The fraction of sp³-hybridized carbons (Fsp3) is 0.643. The molecule has 0 unspecified atom stereocenters. The maximum absolute atomic E-state index is 12.6. The number of likely N-dealkylation sites (N-methyl/N-ethyl adjacent to an activating group) is 1. The van der Waals surface area contributed by atoms with E-state index in [0.29, 0.717) is 30.9 Å². The monoisotopic (exact) mass is 498 g/mol. The first-order valence-corrected chi connectivity index (χ1v) is 14.1. The average molecular weight is 499 g/mol. The van der Waals surface area contributed by atoms with Gasteiger partial charge >= 0.3 is 4.87 Å². The van der Waals surface area contributed by atoms with Crippen LogP contribution in [0.4, 0.5) is 0 Å². The Morgan fingerprint density at radius 1 is 1.09 bits per heavy atom. The summed E-state index contributed by atoms with van der Waals surface area (Å²) in [5, 5.41) is 9.73. The van der Waals surface area contributed by atoms with Crippen LogP contribution in [0.15, 0.2) is 29.1 Å². The molecule has 4 fully saturated rings. The van der Waals surface area contributed by atoms with Crippen LogP contribution < -0.4 is 9.61 Å². The largest absolute Gasteiger partial charge is 0.494 e. The highest BCUT2D eigenvalue weighted by molar-refractivity contribution is 7.09. The summed E-state index contributed by atoms with van der Waals surface area (Å²) in [7, 11) is 1.86. The average Bonchev–Trinajstić information content (AvgIpc) is 3.14. The molecule has 0 spiro atoms. The molecule has 190 valence electrons. The SMILES string of the molecule is CN(CCOc1ccc(Cc2sc(=O)[nH]c2O)cc1)C(=O)CCCCC1C2CC3CC(C2)CC1C3. The standard InChI is InChI=1S/C28H38N2O4S/c1-30(10-11-34-23-8-6-18(7-9-23)17-25-27(32)29-28(33)35-25)26(31)5-3-2-4-24-21-13-19-12-20(15-21)16-22(24)14-19/h6-9,19-22,24,32H,2-5,10-17H2,1H3,(H,29,33). The van der Waals surface area contributed by atoms with E-state index in [0.717, 1.165) is 58.7 Å². The lowest BCUT2D eigenvalue weighted by Gasteiger charge is -2.54. The number of aromatic amines is 1. The molecular formula is C28H38N2O4S. The van der Waals surface area contributed by atoms with E-state index in [1.807, 2.05) is 31.3 Å². The van der Waals surface area contributed by atoms with Gasteiger partial charge < -0.3 is 14.7 Å². The predicted octanol–water partition coefficient (Wildman–Crippen LogP) is 5.20. The number of carbonyl (C=O) groups excluding carboxylic acids is 1. The Labute approximate surface area is 211 Å². The van der Waals surface area contributed by atoms with Crippen molar-refractivity contribution in [2.45, 2.75) is 64.2 Å². The number of H-pyrrole nitrogens is 1. The molecule has 2 N–H and O–H groups in total. The first-order valence-electron chi connectivity index (χ1n) is 13.3. The van der Waals surface area contributed by atoms with Crippen molar-refractivity contribution in [2.24, 2.45) is 29.6 Å². The van der Waals surface area contributed by atoms with Gasteiger partial charge in [0.1, 0.15) is 12.4 Å². The number of hydrogen-bond donors (Lipinski definition) is 2. The number of nitrogens with one attached hydrogen (secondary N) is 1. The van der Waals surface area contributed by atoms with Crippen LogP contribution in [-0.4, -0.2) is 41.1 Å². The first-order chi connectivity index (χ1) is 16.9. The van der Waals surface area contributed by atoms with E-state index in [9.17, 15) is 14.7 Å². The zero-order valence-electron chi connectivity index (χ0n) is 20.7. The van der Waals surface area contributed by atoms with Crippen molar-refractivity contribution in [3.63, 3.8) is 0 Å². The van der Waals surface area contributed by atoms with E-state index in [4.69, 9.17) is 4.74 Å². The van der Waals surface area contributed by atoms with Gasteiger partial charge in [0.15, 0.2) is 0 Å². The summed E-state index contributed by atoms with van der Waals surface area (Å²) in [4.78, 5) is 28.4. The number of rotatable bonds is 11. The van der Waals surface area contributed by atoms with Crippen molar-refractivity contribution in [3.05, 3.63) is 44.4 Å². The third-order valence-corrected chi connectivity index (χ3v) is 9.58. The van der Waals surface area contributed by atoms with Crippen molar-refractivity contribution in [3.8, 4) is 11.6 Å². The maximum atomic E-state index is 12.6. The molecule has 4 aliphatic carbocycles. The van der Waals surface area contributed by atoms with Crippen LogP contribution in [0, 0.1) is 29.6 Å². The summed E-state index contributed by atoms with van der Waals surface area (Å²) in [5.74, 6) is 5.89. The Hall–Kier alpha value is -2.28. The molecule has 0 saturated heterocycles.